The van der Waals surface area contributed by atoms with Crippen molar-refractivity contribution < 1.29 is 32.5 Å². The molecule has 0 saturated heterocycles. The van der Waals surface area contributed by atoms with Gasteiger partial charge >= 0.3 is 6.18 Å². The van der Waals surface area contributed by atoms with Crippen molar-refractivity contribution in [2.75, 3.05) is 51.9 Å². The van der Waals surface area contributed by atoms with E-state index in [1.54, 1.807) is 44.8 Å². The summed E-state index contributed by atoms with van der Waals surface area (Å²) in [4.78, 5) is 28.2. The monoisotopic (exact) mass is 626 g/mol. The van der Waals surface area contributed by atoms with Crippen molar-refractivity contribution in [1.29, 1.82) is 0 Å². The number of methoxy groups -OCH3 is 2. The zero-order valence-corrected chi connectivity index (χ0v) is 25.2. The first kappa shape index (κ1) is 33.4. The molecular formula is C32H37F3N6O4. The van der Waals surface area contributed by atoms with E-state index in [0.29, 0.717) is 59.7 Å². The molecule has 1 amide bonds. The number of fused-ring (bicyclic) bond motifs is 1. The van der Waals surface area contributed by atoms with Crippen LogP contribution >= 0.6 is 0 Å². The molecule has 4 rings (SSSR count). The highest BCUT2D eigenvalue weighted by atomic mass is 19.4. The smallest absolute Gasteiger partial charge is 0.401 e. The molecule has 0 aliphatic heterocycles. The lowest BCUT2D eigenvalue weighted by Gasteiger charge is -2.26. The molecular weight excluding hydrogens is 589 g/mol. The molecule has 0 saturated carbocycles. The van der Waals surface area contributed by atoms with Gasteiger partial charge in [-0.05, 0) is 62.6 Å². The number of aliphatic hydroxyl groups is 1. The summed E-state index contributed by atoms with van der Waals surface area (Å²) in [7, 11) is 3.09. The fraction of sp³-hybridized carbons (Fsp3) is 0.375. The number of unbranched alkanes of at least 4 members (excludes halogenated alkanes) is 2. The average Bonchev–Trinajstić information content (AvgIpc) is 3.05. The quantitative estimate of drug-likeness (QED) is 0.143. The maximum atomic E-state index is 12.7. The molecule has 2 heterocycles. The second-order valence-corrected chi connectivity index (χ2v) is 10.3. The molecule has 10 nitrogen and oxygen atoms in total. The van der Waals surface area contributed by atoms with Crippen molar-refractivity contribution in [2.45, 2.75) is 31.9 Å². The minimum Gasteiger partial charge on any atom is -0.497 e. The van der Waals surface area contributed by atoms with Crippen molar-refractivity contribution >= 4 is 28.3 Å². The number of aliphatic hydroxyl groups excluding tert-OH is 1. The third kappa shape index (κ3) is 9.75. The molecule has 0 radical (unpaired) electrons. The Morgan fingerprint density at radius 3 is 2.38 bits per heavy atom. The normalized spacial score (nSPS) is 11.4. The Morgan fingerprint density at radius 2 is 1.67 bits per heavy atom. The van der Waals surface area contributed by atoms with E-state index >= 15 is 0 Å². The lowest BCUT2D eigenvalue weighted by atomic mass is 10.1. The first-order valence-corrected chi connectivity index (χ1v) is 14.6. The van der Waals surface area contributed by atoms with Crippen LogP contribution in [0, 0.1) is 0 Å². The Kier molecular flexibility index (Phi) is 11.9. The van der Waals surface area contributed by atoms with Crippen LogP contribution in [0.15, 0.2) is 60.9 Å². The van der Waals surface area contributed by atoms with Crippen molar-refractivity contribution in [1.82, 2.24) is 25.6 Å². The van der Waals surface area contributed by atoms with Gasteiger partial charge < -0.3 is 30.1 Å². The lowest BCUT2D eigenvalue weighted by Crippen LogP contribution is -2.31. The molecule has 0 unspecified atom stereocenters. The van der Waals surface area contributed by atoms with Gasteiger partial charge in [-0.25, -0.2) is 4.98 Å². The molecule has 3 N–H and O–H groups in total. The van der Waals surface area contributed by atoms with E-state index in [0.717, 1.165) is 24.2 Å². The number of amides is 1. The number of pyridine rings is 1. The van der Waals surface area contributed by atoms with Crippen molar-refractivity contribution in [3.63, 3.8) is 0 Å². The van der Waals surface area contributed by atoms with Crippen LogP contribution in [-0.2, 0) is 0 Å². The van der Waals surface area contributed by atoms with Gasteiger partial charge in [-0.1, -0.05) is 0 Å². The topological polar surface area (TPSA) is 122 Å². The van der Waals surface area contributed by atoms with Crippen molar-refractivity contribution in [3.05, 3.63) is 66.6 Å². The fourth-order valence-electron chi connectivity index (χ4n) is 4.67. The number of ether oxygens (including phenoxy) is 2. The molecule has 240 valence electrons. The van der Waals surface area contributed by atoms with Gasteiger partial charge in [-0.15, -0.1) is 0 Å². The maximum Gasteiger partial charge on any atom is 0.401 e. The Bertz CT molecular complexity index is 1550. The summed E-state index contributed by atoms with van der Waals surface area (Å²) in [6, 6.07) is 14.4. The lowest BCUT2D eigenvalue weighted by molar-refractivity contribution is -0.124. The molecule has 2 aromatic carbocycles. The van der Waals surface area contributed by atoms with E-state index in [9.17, 15) is 18.0 Å². The van der Waals surface area contributed by atoms with Crippen LogP contribution in [0.1, 0.15) is 36.2 Å². The van der Waals surface area contributed by atoms with Gasteiger partial charge in [0, 0.05) is 61.0 Å². The molecule has 0 spiro atoms. The van der Waals surface area contributed by atoms with Crippen LogP contribution in [0.25, 0.3) is 22.3 Å². The zero-order valence-electron chi connectivity index (χ0n) is 25.2. The summed E-state index contributed by atoms with van der Waals surface area (Å²) in [6.45, 7) is 0.106. The summed E-state index contributed by atoms with van der Waals surface area (Å²) >= 11 is 0. The summed E-state index contributed by atoms with van der Waals surface area (Å²) in [5, 5.41) is 14.2. The molecule has 0 bridgehead atoms. The molecule has 2 aromatic heterocycles. The number of aromatic nitrogens is 3. The summed E-state index contributed by atoms with van der Waals surface area (Å²) in [5.41, 5.74) is 4.18. The molecule has 45 heavy (non-hydrogen) atoms. The van der Waals surface area contributed by atoms with Crippen LogP contribution < -0.4 is 25.0 Å². The Hall–Kier alpha value is -4.49. The third-order valence-electron chi connectivity index (χ3n) is 6.95. The summed E-state index contributed by atoms with van der Waals surface area (Å²) < 4.78 is 48.8. The third-order valence-corrected chi connectivity index (χ3v) is 6.95. The highest BCUT2D eigenvalue weighted by Gasteiger charge is 2.26. The molecule has 0 fully saturated rings. The van der Waals surface area contributed by atoms with Crippen LogP contribution in [-0.4, -0.2) is 79.1 Å². The van der Waals surface area contributed by atoms with E-state index in [2.05, 4.69) is 20.6 Å². The van der Waals surface area contributed by atoms with E-state index < -0.39 is 12.7 Å². The number of nitrogens with one attached hydrogen (secondary N) is 2. The molecule has 0 atom stereocenters. The summed E-state index contributed by atoms with van der Waals surface area (Å²) in [5.74, 6) is 0.830. The van der Waals surface area contributed by atoms with Crippen LogP contribution in [0.2, 0.25) is 0 Å². The number of carbonyl (C=O) groups is 1. The number of rotatable bonds is 16. The minimum absolute atomic E-state index is 0.127. The molecule has 13 heteroatoms. The van der Waals surface area contributed by atoms with Crippen molar-refractivity contribution in [2.24, 2.45) is 0 Å². The number of hydrogen-bond donors (Lipinski definition) is 3. The van der Waals surface area contributed by atoms with E-state index in [1.807, 2.05) is 35.2 Å². The van der Waals surface area contributed by atoms with Gasteiger partial charge in [-0.3, -0.25) is 14.8 Å². The van der Waals surface area contributed by atoms with Gasteiger partial charge in [0.15, 0.2) is 0 Å². The second kappa shape index (κ2) is 16.0. The fourth-order valence-corrected chi connectivity index (χ4v) is 4.67. The van der Waals surface area contributed by atoms with Gasteiger partial charge in [0.25, 0.3) is 5.91 Å². The highest BCUT2D eigenvalue weighted by molar-refractivity contribution is 5.93. The molecule has 0 aliphatic rings. The minimum atomic E-state index is -4.28. The van der Waals surface area contributed by atoms with Gasteiger partial charge in [0.05, 0.1) is 43.7 Å². The number of nitrogens with zero attached hydrogens (tertiary/aromatic N) is 4. The standard InChI is InChI=1S/C32H37F3N6O4/c1-44-25-16-24(17-26(19-25)45-2)41(13-6-10-36-21-32(33,34)35)23-7-8-27-28(18-23)40-30(20-39-27)22-9-12-37-29(15-22)31(43)38-11-4-3-5-14-42/h7-9,12,15-20,36,42H,3-6,10-11,13-14,21H2,1-2H3,(H,38,43). The second-order valence-electron chi connectivity index (χ2n) is 10.3. The van der Waals surface area contributed by atoms with Gasteiger partial charge in [0.1, 0.15) is 17.2 Å². The average molecular weight is 627 g/mol. The summed E-state index contributed by atoms with van der Waals surface area (Å²) in [6.07, 6.45) is 1.58. The number of halogens is 3. The Labute approximate surface area is 259 Å². The first-order valence-electron chi connectivity index (χ1n) is 14.6. The van der Waals surface area contributed by atoms with Crippen LogP contribution in [0.3, 0.4) is 0 Å². The predicted molar refractivity (Wildman–Crippen MR) is 166 cm³/mol. The number of hydrogen-bond acceptors (Lipinski definition) is 9. The Morgan fingerprint density at radius 1 is 0.889 bits per heavy atom. The van der Waals surface area contributed by atoms with E-state index in [4.69, 9.17) is 19.6 Å². The van der Waals surface area contributed by atoms with Gasteiger partial charge in [0.2, 0.25) is 0 Å². The predicted octanol–water partition coefficient (Wildman–Crippen LogP) is 5.28. The Balaban J connectivity index is 1.60. The first-order chi connectivity index (χ1) is 21.7. The van der Waals surface area contributed by atoms with Crippen LogP contribution in [0.5, 0.6) is 11.5 Å². The van der Waals surface area contributed by atoms with Crippen molar-refractivity contribution in [3.8, 4) is 22.8 Å². The number of alkyl halides is 3. The van der Waals surface area contributed by atoms with Crippen LogP contribution in [0.4, 0.5) is 24.5 Å². The highest BCUT2D eigenvalue weighted by Crippen LogP contribution is 2.34. The maximum absolute atomic E-state index is 12.7. The largest absolute Gasteiger partial charge is 0.497 e. The number of carbonyl (C=O) groups excluding carboxylic acids is 1. The molecule has 0 aliphatic carbocycles. The van der Waals surface area contributed by atoms with E-state index in [-0.39, 0.29) is 24.8 Å². The number of anilines is 2. The molecule has 4 aromatic rings. The zero-order chi connectivity index (χ0) is 32.2. The number of benzene rings is 2. The SMILES string of the molecule is COc1cc(OC)cc(N(CCCNCC(F)(F)F)c2ccc3ncc(-c4ccnc(C(=O)NCCCCCO)c4)nc3c2)c1. The van der Waals surface area contributed by atoms with E-state index in [1.165, 1.54) is 0 Å². The van der Waals surface area contributed by atoms with Gasteiger partial charge in [-0.2, -0.15) is 13.2 Å².